The van der Waals surface area contributed by atoms with Gasteiger partial charge in [0.1, 0.15) is 11.6 Å². The molecule has 1 aliphatic heterocycles. The molecular formula is C12H15BrFNO. The van der Waals surface area contributed by atoms with E-state index < -0.39 is 0 Å². The Morgan fingerprint density at radius 1 is 1.50 bits per heavy atom. The minimum Gasteiger partial charge on any atom is -0.493 e. The van der Waals surface area contributed by atoms with E-state index in [0.717, 1.165) is 17.7 Å². The summed E-state index contributed by atoms with van der Waals surface area (Å²) in [4.78, 5) is 0. The molecule has 2 nitrogen and oxygen atoms in total. The highest BCUT2D eigenvalue weighted by atomic mass is 79.9. The maximum Gasteiger partial charge on any atom is 0.137 e. The van der Waals surface area contributed by atoms with Gasteiger partial charge in [-0.3, -0.25) is 0 Å². The Hall–Kier alpha value is -0.610. The minimum absolute atomic E-state index is 0.186. The summed E-state index contributed by atoms with van der Waals surface area (Å²) < 4.78 is 19.5. The van der Waals surface area contributed by atoms with Crippen molar-refractivity contribution in [1.82, 2.24) is 5.32 Å². The highest BCUT2D eigenvalue weighted by Gasteiger charge is 2.23. The number of rotatable bonds is 2. The SMILES string of the molecule is CC(C)NC1CCOc2cc(Br)c(F)cc21. The molecule has 0 spiro atoms. The highest BCUT2D eigenvalue weighted by molar-refractivity contribution is 9.10. The van der Waals surface area contributed by atoms with Crippen molar-refractivity contribution in [3.8, 4) is 5.75 Å². The lowest BCUT2D eigenvalue weighted by Gasteiger charge is -2.28. The zero-order valence-electron chi connectivity index (χ0n) is 9.39. The molecule has 2 rings (SSSR count). The Morgan fingerprint density at radius 3 is 2.94 bits per heavy atom. The summed E-state index contributed by atoms with van der Waals surface area (Å²) in [6.45, 7) is 4.85. The molecular weight excluding hydrogens is 273 g/mol. The van der Waals surface area contributed by atoms with Gasteiger partial charge in [0.25, 0.3) is 0 Å². The molecule has 0 bridgehead atoms. The second-order valence-electron chi connectivity index (χ2n) is 4.32. The van der Waals surface area contributed by atoms with E-state index in [1.54, 1.807) is 12.1 Å². The van der Waals surface area contributed by atoms with Gasteiger partial charge in [-0.1, -0.05) is 13.8 Å². The average Bonchev–Trinajstić information content (AvgIpc) is 2.20. The van der Waals surface area contributed by atoms with Crippen molar-refractivity contribution in [1.29, 1.82) is 0 Å². The third-order valence-corrected chi connectivity index (χ3v) is 3.23. The van der Waals surface area contributed by atoms with Crippen LogP contribution < -0.4 is 10.1 Å². The standard InChI is InChI=1S/C12H15BrFNO/c1-7(2)15-11-3-4-16-12-6-9(13)10(14)5-8(11)12/h5-7,11,15H,3-4H2,1-2H3. The van der Waals surface area contributed by atoms with Crippen molar-refractivity contribution >= 4 is 15.9 Å². The average molecular weight is 288 g/mol. The van der Waals surface area contributed by atoms with Crippen molar-refractivity contribution in [3.05, 3.63) is 28.0 Å². The van der Waals surface area contributed by atoms with Crippen LogP contribution in [-0.2, 0) is 0 Å². The Balaban J connectivity index is 2.34. The first-order valence-corrected chi connectivity index (χ1v) is 6.25. The summed E-state index contributed by atoms with van der Waals surface area (Å²) in [7, 11) is 0. The summed E-state index contributed by atoms with van der Waals surface area (Å²) in [5, 5.41) is 3.42. The van der Waals surface area contributed by atoms with Crippen molar-refractivity contribution in [3.63, 3.8) is 0 Å². The quantitative estimate of drug-likeness (QED) is 0.900. The van der Waals surface area contributed by atoms with Crippen LogP contribution in [0.2, 0.25) is 0 Å². The fourth-order valence-electron chi connectivity index (χ4n) is 1.96. The van der Waals surface area contributed by atoms with Crippen LogP contribution in [0.3, 0.4) is 0 Å². The van der Waals surface area contributed by atoms with Gasteiger partial charge < -0.3 is 10.1 Å². The highest BCUT2D eigenvalue weighted by Crippen LogP contribution is 2.35. The molecule has 16 heavy (non-hydrogen) atoms. The van der Waals surface area contributed by atoms with Crippen LogP contribution >= 0.6 is 15.9 Å². The molecule has 0 radical (unpaired) electrons. The second-order valence-corrected chi connectivity index (χ2v) is 5.17. The summed E-state index contributed by atoms with van der Waals surface area (Å²) in [6, 6.07) is 3.83. The molecule has 1 atom stereocenters. The third kappa shape index (κ3) is 2.38. The molecule has 0 saturated carbocycles. The molecule has 1 aromatic rings. The summed E-state index contributed by atoms with van der Waals surface area (Å²) >= 11 is 3.17. The van der Waals surface area contributed by atoms with Gasteiger partial charge in [-0.05, 0) is 28.1 Å². The number of fused-ring (bicyclic) bond motifs is 1. The number of benzene rings is 1. The molecule has 1 N–H and O–H groups in total. The smallest absolute Gasteiger partial charge is 0.137 e. The number of hydrogen-bond acceptors (Lipinski definition) is 2. The molecule has 0 aromatic heterocycles. The molecule has 1 aromatic carbocycles. The fraction of sp³-hybridized carbons (Fsp3) is 0.500. The molecule has 0 amide bonds. The minimum atomic E-state index is -0.236. The Kier molecular flexibility index (Phi) is 3.50. The van der Waals surface area contributed by atoms with Crippen molar-refractivity contribution in [2.75, 3.05) is 6.61 Å². The van der Waals surface area contributed by atoms with E-state index in [9.17, 15) is 4.39 Å². The third-order valence-electron chi connectivity index (χ3n) is 2.63. The van der Waals surface area contributed by atoms with Gasteiger partial charge in [-0.15, -0.1) is 0 Å². The topological polar surface area (TPSA) is 21.3 Å². The predicted octanol–water partition coefficient (Wildman–Crippen LogP) is 3.41. The summed E-state index contributed by atoms with van der Waals surface area (Å²) in [5.41, 5.74) is 0.917. The van der Waals surface area contributed by atoms with Crippen LogP contribution in [0.15, 0.2) is 16.6 Å². The number of halogens is 2. The van der Waals surface area contributed by atoms with Crippen LogP contribution in [0.1, 0.15) is 31.9 Å². The van der Waals surface area contributed by atoms with Crippen LogP contribution in [0.4, 0.5) is 4.39 Å². The Bertz CT molecular complexity index is 395. The molecule has 0 fully saturated rings. The monoisotopic (exact) mass is 287 g/mol. The largest absolute Gasteiger partial charge is 0.493 e. The van der Waals surface area contributed by atoms with Gasteiger partial charge in [-0.2, -0.15) is 0 Å². The van der Waals surface area contributed by atoms with Crippen molar-refractivity contribution in [2.45, 2.75) is 32.4 Å². The molecule has 4 heteroatoms. The van der Waals surface area contributed by atoms with Gasteiger partial charge in [0, 0.05) is 24.1 Å². The van der Waals surface area contributed by atoms with E-state index >= 15 is 0 Å². The molecule has 1 unspecified atom stereocenters. The summed E-state index contributed by atoms with van der Waals surface area (Å²) in [5.74, 6) is 0.539. The maximum atomic E-state index is 13.5. The first kappa shape index (κ1) is 11.9. The molecule has 0 saturated heterocycles. The van der Waals surface area contributed by atoms with E-state index in [0.29, 0.717) is 17.1 Å². The maximum absolute atomic E-state index is 13.5. The van der Waals surface area contributed by atoms with Gasteiger partial charge in [-0.25, -0.2) is 4.39 Å². The lowest BCUT2D eigenvalue weighted by Crippen LogP contribution is -2.32. The van der Waals surface area contributed by atoms with E-state index in [-0.39, 0.29) is 11.9 Å². The van der Waals surface area contributed by atoms with Crippen LogP contribution in [-0.4, -0.2) is 12.6 Å². The van der Waals surface area contributed by atoms with E-state index in [1.165, 1.54) is 0 Å². The van der Waals surface area contributed by atoms with E-state index in [1.807, 2.05) is 0 Å². The summed E-state index contributed by atoms with van der Waals surface area (Å²) in [6.07, 6.45) is 0.881. The number of ether oxygens (including phenoxy) is 1. The van der Waals surface area contributed by atoms with Crippen molar-refractivity contribution < 1.29 is 9.13 Å². The predicted molar refractivity (Wildman–Crippen MR) is 65.2 cm³/mol. The molecule has 1 heterocycles. The van der Waals surface area contributed by atoms with E-state index in [4.69, 9.17) is 4.74 Å². The van der Waals surface area contributed by atoms with Gasteiger partial charge in [0.15, 0.2) is 0 Å². The first-order chi connectivity index (χ1) is 7.58. The Labute approximate surface area is 103 Å². The number of nitrogens with one attached hydrogen (secondary N) is 1. The van der Waals surface area contributed by atoms with Gasteiger partial charge >= 0.3 is 0 Å². The van der Waals surface area contributed by atoms with Crippen molar-refractivity contribution in [2.24, 2.45) is 0 Å². The number of hydrogen-bond donors (Lipinski definition) is 1. The lowest BCUT2D eigenvalue weighted by molar-refractivity contribution is 0.246. The zero-order valence-corrected chi connectivity index (χ0v) is 11.0. The zero-order chi connectivity index (χ0) is 11.7. The fourth-order valence-corrected chi connectivity index (χ4v) is 2.28. The second kappa shape index (κ2) is 4.72. The van der Waals surface area contributed by atoms with Crippen LogP contribution in [0.25, 0.3) is 0 Å². The molecule has 88 valence electrons. The molecule has 1 aliphatic rings. The van der Waals surface area contributed by atoms with Gasteiger partial charge in [0.05, 0.1) is 11.1 Å². The van der Waals surface area contributed by atoms with E-state index in [2.05, 4.69) is 35.1 Å². The normalized spacial score (nSPS) is 19.4. The Morgan fingerprint density at radius 2 is 2.25 bits per heavy atom. The first-order valence-electron chi connectivity index (χ1n) is 5.45. The molecule has 0 aliphatic carbocycles. The van der Waals surface area contributed by atoms with Gasteiger partial charge in [0.2, 0.25) is 0 Å². The lowest BCUT2D eigenvalue weighted by atomic mass is 10.00. The van der Waals surface area contributed by atoms with Crippen LogP contribution in [0.5, 0.6) is 5.75 Å². The van der Waals surface area contributed by atoms with Crippen LogP contribution in [0, 0.1) is 5.82 Å².